The lowest BCUT2D eigenvalue weighted by Crippen LogP contribution is -2.08. The van der Waals surface area contributed by atoms with Crippen LogP contribution in [0, 0.1) is 17.0 Å². The van der Waals surface area contributed by atoms with Gasteiger partial charge in [0, 0.05) is 23.4 Å². The van der Waals surface area contributed by atoms with Crippen LogP contribution < -0.4 is 9.47 Å². The maximum atomic E-state index is 13.5. The molecule has 0 spiro atoms. The molecule has 0 atom stereocenters. The first-order valence-corrected chi connectivity index (χ1v) is 10.6. The van der Waals surface area contributed by atoms with E-state index in [-0.39, 0.29) is 29.4 Å². The number of pyridine rings is 1. The Balaban J connectivity index is 1.68. The molecule has 9 nitrogen and oxygen atoms in total. The normalized spacial score (nSPS) is 10.7. The van der Waals surface area contributed by atoms with Gasteiger partial charge in [-0.25, -0.2) is 4.79 Å². The molecule has 0 bridgehead atoms. The Kier molecular flexibility index (Phi) is 6.50. The monoisotopic (exact) mass is 474 g/mol. The summed E-state index contributed by atoms with van der Waals surface area (Å²) in [6, 6.07) is 16.4. The molecule has 4 rings (SSSR count). The highest BCUT2D eigenvalue weighted by Crippen LogP contribution is 2.34. The number of ether oxygens (including phenoxy) is 3. The van der Waals surface area contributed by atoms with E-state index < -0.39 is 10.9 Å². The predicted molar refractivity (Wildman–Crippen MR) is 127 cm³/mol. The summed E-state index contributed by atoms with van der Waals surface area (Å²) in [6.45, 7) is 2.01. The lowest BCUT2D eigenvalue weighted by Gasteiger charge is -2.08. The maximum Gasteiger partial charge on any atom is 0.337 e. The number of carbonyl (C=O) groups excluding carboxylic acids is 2. The number of nitro benzene ring substituents is 1. The average Bonchev–Trinajstić information content (AvgIpc) is 3.17. The number of aromatic nitrogens is 1. The summed E-state index contributed by atoms with van der Waals surface area (Å²) in [5.41, 5.74) is 3.02. The third-order valence-electron chi connectivity index (χ3n) is 5.64. The second-order valence-corrected chi connectivity index (χ2v) is 7.71. The minimum Gasteiger partial charge on any atom is -0.490 e. The van der Waals surface area contributed by atoms with E-state index in [1.54, 1.807) is 47.9 Å². The van der Waals surface area contributed by atoms with Crippen LogP contribution in [0.25, 0.3) is 5.52 Å². The maximum absolute atomic E-state index is 13.5. The zero-order valence-electron chi connectivity index (χ0n) is 19.3. The molecule has 0 aliphatic heterocycles. The van der Waals surface area contributed by atoms with Crippen molar-refractivity contribution in [1.29, 1.82) is 0 Å². The molecule has 35 heavy (non-hydrogen) atoms. The molecule has 178 valence electrons. The quantitative estimate of drug-likeness (QED) is 0.157. The molecular formula is C26H22N2O7. The molecule has 2 heterocycles. The van der Waals surface area contributed by atoms with Crippen molar-refractivity contribution in [2.75, 3.05) is 14.2 Å². The number of esters is 1. The van der Waals surface area contributed by atoms with Crippen molar-refractivity contribution in [1.82, 2.24) is 4.40 Å². The Morgan fingerprint density at radius 2 is 1.71 bits per heavy atom. The van der Waals surface area contributed by atoms with E-state index in [0.29, 0.717) is 28.1 Å². The van der Waals surface area contributed by atoms with Crippen molar-refractivity contribution in [2.45, 2.75) is 13.5 Å². The van der Waals surface area contributed by atoms with Gasteiger partial charge in [0.2, 0.25) is 5.78 Å². The Morgan fingerprint density at radius 1 is 1.00 bits per heavy atom. The van der Waals surface area contributed by atoms with Crippen LogP contribution in [0.5, 0.6) is 11.5 Å². The number of nitro groups is 1. The standard InChI is InChI=1S/C26H22N2O7/c1-16-23(24(29)19-11-12-20(28(31)32)22(14-19)33-2)27-13-5-4-6-21(27)25(16)35-15-17-7-9-18(10-8-17)26(30)34-3/h4-14H,15H2,1-3H3. The number of rotatable bonds is 8. The molecule has 0 amide bonds. The van der Waals surface area contributed by atoms with E-state index in [0.717, 1.165) is 5.56 Å². The highest BCUT2D eigenvalue weighted by molar-refractivity contribution is 6.10. The Labute approximate surface area is 200 Å². The van der Waals surface area contributed by atoms with Crippen molar-refractivity contribution >= 4 is 23.0 Å². The molecule has 0 aliphatic carbocycles. The van der Waals surface area contributed by atoms with Gasteiger partial charge in [0.25, 0.3) is 0 Å². The number of hydrogen-bond donors (Lipinski definition) is 0. The number of methoxy groups -OCH3 is 2. The van der Waals surface area contributed by atoms with Crippen LogP contribution in [-0.2, 0) is 11.3 Å². The summed E-state index contributed by atoms with van der Waals surface area (Å²) in [5.74, 6) is -0.196. The number of fused-ring (bicyclic) bond motifs is 1. The largest absolute Gasteiger partial charge is 0.490 e. The van der Waals surface area contributed by atoms with Gasteiger partial charge in [-0.15, -0.1) is 0 Å². The molecule has 0 radical (unpaired) electrons. The number of hydrogen-bond acceptors (Lipinski definition) is 7. The average molecular weight is 474 g/mol. The number of benzene rings is 2. The minimum atomic E-state index is -0.561. The van der Waals surface area contributed by atoms with Gasteiger partial charge < -0.3 is 18.6 Å². The van der Waals surface area contributed by atoms with Gasteiger partial charge in [0.05, 0.1) is 30.2 Å². The summed E-state index contributed by atoms with van der Waals surface area (Å²) in [7, 11) is 2.64. The first-order chi connectivity index (χ1) is 16.8. The molecule has 0 fully saturated rings. The van der Waals surface area contributed by atoms with Crippen LogP contribution in [0.2, 0.25) is 0 Å². The van der Waals surface area contributed by atoms with Crippen LogP contribution in [-0.4, -0.2) is 35.3 Å². The third kappa shape index (κ3) is 4.43. The Bertz CT molecular complexity index is 1440. The number of nitrogens with zero attached hydrogens (tertiary/aromatic N) is 2. The van der Waals surface area contributed by atoms with Gasteiger partial charge in [-0.05, 0) is 48.9 Å². The first kappa shape index (κ1) is 23.5. The van der Waals surface area contributed by atoms with Gasteiger partial charge >= 0.3 is 11.7 Å². The molecule has 0 unspecified atom stereocenters. The van der Waals surface area contributed by atoms with Crippen molar-refractivity contribution < 1.29 is 28.7 Å². The molecule has 0 aliphatic rings. The molecule has 0 saturated heterocycles. The smallest absolute Gasteiger partial charge is 0.337 e. The fraction of sp³-hybridized carbons (Fsp3) is 0.154. The van der Waals surface area contributed by atoms with Crippen LogP contribution in [0.15, 0.2) is 66.9 Å². The van der Waals surface area contributed by atoms with E-state index in [4.69, 9.17) is 14.2 Å². The van der Waals surface area contributed by atoms with E-state index >= 15 is 0 Å². The van der Waals surface area contributed by atoms with E-state index in [1.807, 2.05) is 12.1 Å². The van der Waals surface area contributed by atoms with E-state index in [2.05, 4.69) is 0 Å². The lowest BCUT2D eigenvalue weighted by molar-refractivity contribution is -0.385. The SMILES string of the molecule is COC(=O)c1ccc(COc2c(C)c(C(=O)c3ccc([N+](=O)[O-])c(OC)c3)n3ccccc23)cc1. The summed E-state index contributed by atoms with van der Waals surface area (Å²) in [4.78, 5) is 35.8. The molecule has 2 aromatic heterocycles. The number of carbonyl (C=O) groups is 2. The summed E-state index contributed by atoms with van der Waals surface area (Å²) in [5, 5.41) is 11.2. The molecule has 0 N–H and O–H groups in total. The first-order valence-electron chi connectivity index (χ1n) is 10.6. The van der Waals surface area contributed by atoms with Gasteiger partial charge in [0.15, 0.2) is 5.75 Å². The minimum absolute atomic E-state index is 0.00578. The zero-order valence-corrected chi connectivity index (χ0v) is 19.3. The molecule has 0 saturated carbocycles. The summed E-state index contributed by atoms with van der Waals surface area (Å²) < 4.78 is 17.7. The number of ketones is 1. The fourth-order valence-electron chi connectivity index (χ4n) is 3.88. The highest BCUT2D eigenvalue weighted by Gasteiger charge is 2.25. The topological polar surface area (TPSA) is 109 Å². The predicted octanol–water partition coefficient (Wildman–Crippen LogP) is 4.76. The van der Waals surface area contributed by atoms with Crippen LogP contribution in [0.3, 0.4) is 0 Å². The lowest BCUT2D eigenvalue weighted by atomic mass is 10.0. The molecule has 4 aromatic rings. The van der Waals surface area contributed by atoms with Crippen molar-refractivity contribution in [3.63, 3.8) is 0 Å². The van der Waals surface area contributed by atoms with Gasteiger partial charge in [0.1, 0.15) is 18.1 Å². The molecule has 2 aromatic carbocycles. The van der Waals surface area contributed by atoms with Gasteiger partial charge in [-0.3, -0.25) is 14.9 Å². The summed E-state index contributed by atoms with van der Waals surface area (Å²) >= 11 is 0. The van der Waals surface area contributed by atoms with Crippen molar-refractivity contribution in [3.05, 3.63) is 105 Å². The Morgan fingerprint density at radius 3 is 2.37 bits per heavy atom. The van der Waals surface area contributed by atoms with E-state index in [9.17, 15) is 19.7 Å². The van der Waals surface area contributed by atoms with Gasteiger partial charge in [-0.1, -0.05) is 18.2 Å². The van der Waals surface area contributed by atoms with Crippen molar-refractivity contribution in [2.24, 2.45) is 0 Å². The van der Waals surface area contributed by atoms with Crippen LogP contribution in [0.1, 0.15) is 37.5 Å². The van der Waals surface area contributed by atoms with Gasteiger partial charge in [-0.2, -0.15) is 0 Å². The van der Waals surface area contributed by atoms with Crippen LogP contribution >= 0.6 is 0 Å². The molecular weight excluding hydrogens is 452 g/mol. The van der Waals surface area contributed by atoms with Crippen molar-refractivity contribution in [3.8, 4) is 11.5 Å². The second kappa shape index (κ2) is 9.68. The third-order valence-corrected chi connectivity index (χ3v) is 5.64. The fourth-order valence-corrected chi connectivity index (χ4v) is 3.88. The van der Waals surface area contributed by atoms with E-state index in [1.165, 1.54) is 32.4 Å². The Hall–Kier alpha value is -4.66. The second-order valence-electron chi connectivity index (χ2n) is 7.71. The summed E-state index contributed by atoms with van der Waals surface area (Å²) in [6.07, 6.45) is 1.76. The zero-order chi connectivity index (χ0) is 25.1. The highest BCUT2D eigenvalue weighted by atomic mass is 16.6. The van der Waals surface area contributed by atoms with Crippen LogP contribution in [0.4, 0.5) is 5.69 Å². The molecule has 9 heteroatoms.